The summed E-state index contributed by atoms with van der Waals surface area (Å²) >= 11 is 1.84. The third-order valence-corrected chi connectivity index (χ3v) is 13.1. The molecule has 9 atom stereocenters. The number of ketones is 1. The van der Waals surface area contributed by atoms with Crippen molar-refractivity contribution >= 4 is 47.2 Å². The molecule has 4 aliphatic rings. The van der Waals surface area contributed by atoms with E-state index in [2.05, 4.69) is 26.6 Å². The summed E-state index contributed by atoms with van der Waals surface area (Å²) in [5.41, 5.74) is 0.951. The molecular formula is C43H58N6O7S. The first-order valence-electron chi connectivity index (χ1n) is 20.5. The van der Waals surface area contributed by atoms with Crippen LogP contribution in [0.4, 0.5) is 4.79 Å². The number of likely N-dealkylation sites (tertiary alicyclic amines) is 1. The molecule has 4 aliphatic heterocycles. The van der Waals surface area contributed by atoms with Crippen molar-refractivity contribution in [2.75, 3.05) is 12.4 Å². The molecule has 308 valence electrons. The number of Topliss-reactive ketones (excluding diaryl/α,β-unsaturated/α-hetero) is 1. The zero-order chi connectivity index (χ0) is 40.7. The normalized spacial score (nSPS) is 26.5. The first-order valence-corrected chi connectivity index (χ1v) is 21.5. The molecule has 0 aromatic heterocycles. The number of nitrogens with zero attached hydrogens (tertiary/aromatic N) is 1. The monoisotopic (exact) mass is 802 g/mol. The molecule has 0 bridgehead atoms. The predicted molar refractivity (Wildman–Crippen MR) is 218 cm³/mol. The van der Waals surface area contributed by atoms with Gasteiger partial charge >= 0.3 is 6.03 Å². The second-order valence-electron chi connectivity index (χ2n) is 16.7. The summed E-state index contributed by atoms with van der Waals surface area (Å²) in [6.45, 7) is 7.87. The van der Waals surface area contributed by atoms with E-state index >= 15 is 0 Å². The van der Waals surface area contributed by atoms with E-state index in [-0.39, 0.29) is 60.9 Å². The second-order valence-corrected chi connectivity index (χ2v) is 18.0. The quantitative estimate of drug-likeness (QED) is 0.0769. The summed E-state index contributed by atoms with van der Waals surface area (Å²) in [4.78, 5) is 82.6. The fourth-order valence-electron chi connectivity index (χ4n) is 8.32. The topological polar surface area (TPSA) is 178 Å². The fraction of sp³-hybridized carbons (Fsp3) is 0.581. The Kier molecular flexibility index (Phi) is 14.0. The van der Waals surface area contributed by atoms with Crippen LogP contribution in [0, 0.1) is 5.92 Å². The van der Waals surface area contributed by atoms with E-state index < -0.39 is 47.6 Å². The summed E-state index contributed by atoms with van der Waals surface area (Å²) in [6, 6.07) is 15.4. The molecule has 0 radical (unpaired) electrons. The first kappa shape index (κ1) is 42.2. The number of nitrogens with one attached hydrogen (secondary N) is 5. The van der Waals surface area contributed by atoms with E-state index in [9.17, 15) is 28.8 Å². The van der Waals surface area contributed by atoms with Crippen LogP contribution in [0.5, 0.6) is 0 Å². The van der Waals surface area contributed by atoms with Crippen LogP contribution in [0.1, 0.15) is 83.8 Å². The van der Waals surface area contributed by atoms with E-state index in [0.717, 1.165) is 29.7 Å². The number of rotatable bonds is 20. The van der Waals surface area contributed by atoms with Gasteiger partial charge in [-0.3, -0.25) is 24.0 Å². The Morgan fingerprint density at radius 2 is 1.61 bits per heavy atom. The van der Waals surface area contributed by atoms with Gasteiger partial charge in [-0.2, -0.15) is 11.8 Å². The highest BCUT2D eigenvalue weighted by Crippen LogP contribution is 2.33. The fourth-order valence-corrected chi connectivity index (χ4v) is 9.86. The Bertz CT molecular complexity index is 1760. The second kappa shape index (κ2) is 18.9. The third kappa shape index (κ3) is 11.0. The van der Waals surface area contributed by atoms with Gasteiger partial charge < -0.3 is 36.2 Å². The number of amides is 6. The molecule has 0 spiro atoms. The lowest BCUT2D eigenvalue weighted by atomic mass is 9.92. The number of unbranched alkanes of at least 4 members (excludes halogenated alkanes) is 1. The van der Waals surface area contributed by atoms with E-state index in [0.29, 0.717) is 37.5 Å². The van der Waals surface area contributed by atoms with Crippen molar-refractivity contribution < 1.29 is 33.5 Å². The minimum Gasteiger partial charge on any atom is -0.361 e. The Morgan fingerprint density at radius 1 is 0.930 bits per heavy atom. The molecule has 5 N–H and O–H groups in total. The number of carbonyl (C=O) groups excluding carboxylic acids is 6. The number of aryl methyl sites for hydroxylation is 1. The van der Waals surface area contributed by atoms with Crippen molar-refractivity contribution in [1.29, 1.82) is 0 Å². The van der Waals surface area contributed by atoms with Crippen LogP contribution >= 0.6 is 11.8 Å². The molecule has 2 aromatic rings. The SMILES string of the molecule is CC(C)C[C@H](NC(=O)[C@H](Cc1ccccc1)N1C(=O)[C@@H](NC(=O)[C@H](CCc2ccccc2)NC(=O)CCCCC2SCC3NC(=O)NC32)CC1C)C(=O)[C@@]1(C)CO1. The van der Waals surface area contributed by atoms with Crippen LogP contribution < -0.4 is 26.6 Å². The average Bonchev–Trinajstić information content (AvgIpc) is 3.53. The molecule has 4 heterocycles. The van der Waals surface area contributed by atoms with Gasteiger partial charge in [0.25, 0.3) is 0 Å². The van der Waals surface area contributed by atoms with Crippen molar-refractivity contribution in [3.8, 4) is 0 Å². The zero-order valence-electron chi connectivity index (χ0n) is 33.5. The van der Waals surface area contributed by atoms with Gasteiger partial charge in [0.1, 0.15) is 23.7 Å². The Labute approximate surface area is 339 Å². The minimum absolute atomic E-state index is 0.111. The average molecular weight is 803 g/mol. The van der Waals surface area contributed by atoms with Crippen LogP contribution in [0.15, 0.2) is 60.7 Å². The minimum atomic E-state index is -0.935. The Hall–Kier alpha value is -4.43. The van der Waals surface area contributed by atoms with Crippen molar-refractivity contribution in [2.24, 2.45) is 5.92 Å². The summed E-state index contributed by atoms with van der Waals surface area (Å²) < 4.78 is 5.44. The lowest BCUT2D eigenvalue weighted by Gasteiger charge is -2.33. The molecular weight excluding hydrogens is 745 g/mol. The third-order valence-electron chi connectivity index (χ3n) is 11.6. The van der Waals surface area contributed by atoms with Crippen molar-refractivity contribution in [1.82, 2.24) is 31.5 Å². The van der Waals surface area contributed by atoms with Gasteiger partial charge in [-0.05, 0) is 69.4 Å². The molecule has 14 heteroatoms. The molecule has 4 unspecified atom stereocenters. The number of thioether (sulfide) groups is 1. The van der Waals surface area contributed by atoms with E-state index in [1.165, 1.54) is 0 Å². The molecule has 4 fully saturated rings. The summed E-state index contributed by atoms with van der Waals surface area (Å²) in [7, 11) is 0. The number of urea groups is 1. The van der Waals surface area contributed by atoms with Gasteiger partial charge in [0.05, 0.1) is 24.7 Å². The van der Waals surface area contributed by atoms with Gasteiger partial charge in [0.15, 0.2) is 5.78 Å². The summed E-state index contributed by atoms with van der Waals surface area (Å²) in [6.07, 6.45) is 4.39. The molecule has 0 aliphatic carbocycles. The molecule has 6 amide bonds. The van der Waals surface area contributed by atoms with Gasteiger partial charge in [0, 0.05) is 29.9 Å². The molecule has 57 heavy (non-hydrogen) atoms. The van der Waals surface area contributed by atoms with Crippen molar-refractivity contribution in [2.45, 2.75) is 139 Å². The zero-order valence-corrected chi connectivity index (χ0v) is 34.3. The maximum atomic E-state index is 14.3. The molecule has 0 saturated carbocycles. The van der Waals surface area contributed by atoms with Crippen molar-refractivity contribution in [3.05, 3.63) is 71.8 Å². The number of benzene rings is 2. The number of hydrogen-bond donors (Lipinski definition) is 5. The van der Waals surface area contributed by atoms with Crippen LogP contribution in [0.25, 0.3) is 0 Å². The van der Waals surface area contributed by atoms with Gasteiger partial charge in [-0.1, -0.05) is 80.9 Å². The molecule has 2 aromatic carbocycles. The van der Waals surface area contributed by atoms with Gasteiger partial charge in [-0.15, -0.1) is 0 Å². The smallest absolute Gasteiger partial charge is 0.315 e. The van der Waals surface area contributed by atoms with Crippen LogP contribution in [0.2, 0.25) is 0 Å². The van der Waals surface area contributed by atoms with E-state index in [1.807, 2.05) is 93.2 Å². The summed E-state index contributed by atoms with van der Waals surface area (Å²) in [5.74, 6) is -0.685. The number of fused-ring (bicyclic) bond motifs is 1. The largest absolute Gasteiger partial charge is 0.361 e. The van der Waals surface area contributed by atoms with Crippen molar-refractivity contribution in [3.63, 3.8) is 0 Å². The van der Waals surface area contributed by atoms with Crippen LogP contribution in [-0.4, -0.2) is 106 Å². The first-order chi connectivity index (χ1) is 27.3. The van der Waals surface area contributed by atoms with E-state index in [1.54, 1.807) is 11.8 Å². The molecule has 6 rings (SSSR count). The molecule has 13 nitrogen and oxygen atoms in total. The summed E-state index contributed by atoms with van der Waals surface area (Å²) in [5, 5.41) is 15.2. The van der Waals surface area contributed by atoms with Gasteiger partial charge in [0.2, 0.25) is 23.6 Å². The van der Waals surface area contributed by atoms with Crippen LogP contribution in [-0.2, 0) is 41.6 Å². The Morgan fingerprint density at radius 3 is 2.28 bits per heavy atom. The predicted octanol–water partition coefficient (Wildman–Crippen LogP) is 3.44. The maximum Gasteiger partial charge on any atom is 0.315 e. The highest BCUT2D eigenvalue weighted by Gasteiger charge is 2.51. The highest BCUT2D eigenvalue weighted by atomic mass is 32.2. The van der Waals surface area contributed by atoms with E-state index in [4.69, 9.17) is 4.74 Å². The number of ether oxygens (including phenoxy) is 1. The number of hydrogen-bond acceptors (Lipinski definition) is 8. The number of carbonyl (C=O) groups is 6. The van der Waals surface area contributed by atoms with Crippen LogP contribution in [0.3, 0.4) is 0 Å². The highest BCUT2D eigenvalue weighted by molar-refractivity contribution is 8.00. The lowest BCUT2D eigenvalue weighted by Crippen LogP contribution is -2.57. The Balaban J connectivity index is 1.10. The molecule has 4 saturated heterocycles. The maximum absolute atomic E-state index is 14.3. The lowest BCUT2D eigenvalue weighted by molar-refractivity contribution is -0.142. The van der Waals surface area contributed by atoms with Gasteiger partial charge in [-0.25, -0.2) is 4.79 Å². The number of epoxide rings is 1. The standard InChI is InChI=1S/C43H58N6O7S/c1-26(2)21-31(38(51)43(4)25-56-43)45-40(53)34(23-29-15-9-6-10-16-29)49-27(3)22-32(41(49)54)46-39(52)30(20-19-28-13-7-5-8-14-28)44-36(50)18-12-11-17-35-37-33(24-57-35)47-42(55)48-37/h5-10,13-16,26-27,30-35,37H,11-12,17-25H2,1-4H3,(H,44,50)(H,45,53)(H,46,52)(H2,47,48,55)/t27?,30-,31-,32-,33?,34-,35?,37?,43+/m0/s1.